The van der Waals surface area contributed by atoms with Gasteiger partial charge < -0.3 is 15.4 Å². The number of hydrogen-bond acceptors (Lipinski definition) is 4. The summed E-state index contributed by atoms with van der Waals surface area (Å²) in [6.45, 7) is 1.03. The highest BCUT2D eigenvalue weighted by Crippen LogP contribution is 2.30. The predicted molar refractivity (Wildman–Crippen MR) is 84.0 cm³/mol. The van der Waals surface area contributed by atoms with Crippen LogP contribution >= 0.6 is 0 Å². The number of halogens is 3. The number of hydrogen-bond donors (Lipinski definition) is 2. The van der Waals surface area contributed by atoms with Gasteiger partial charge in [0.1, 0.15) is 0 Å². The van der Waals surface area contributed by atoms with E-state index in [1.165, 1.54) is 24.5 Å². The SMILES string of the molecule is COCCNc1cncc(C(=O)Nc2cccc(C(F)(F)F)c2)c1. The molecular weight excluding hydrogens is 323 g/mol. The third kappa shape index (κ3) is 4.95. The molecule has 0 spiro atoms. The summed E-state index contributed by atoms with van der Waals surface area (Å²) in [6, 6.07) is 6.01. The zero-order chi connectivity index (χ0) is 17.6. The van der Waals surface area contributed by atoms with Crippen molar-refractivity contribution >= 4 is 17.3 Å². The Morgan fingerprint density at radius 1 is 1.21 bits per heavy atom. The van der Waals surface area contributed by atoms with Crippen LogP contribution in [-0.4, -0.2) is 31.2 Å². The number of amides is 1. The first kappa shape index (κ1) is 17.7. The molecule has 0 aliphatic carbocycles. The lowest BCUT2D eigenvalue weighted by Gasteiger charge is -2.10. The van der Waals surface area contributed by atoms with E-state index in [9.17, 15) is 18.0 Å². The molecule has 1 aromatic heterocycles. The van der Waals surface area contributed by atoms with Gasteiger partial charge in [0.05, 0.1) is 23.4 Å². The van der Waals surface area contributed by atoms with Gasteiger partial charge in [-0.05, 0) is 24.3 Å². The maximum absolute atomic E-state index is 12.7. The van der Waals surface area contributed by atoms with Crippen LogP contribution in [0.5, 0.6) is 0 Å². The largest absolute Gasteiger partial charge is 0.416 e. The van der Waals surface area contributed by atoms with Crippen LogP contribution in [0.15, 0.2) is 42.7 Å². The van der Waals surface area contributed by atoms with Crippen LogP contribution in [0.1, 0.15) is 15.9 Å². The summed E-state index contributed by atoms with van der Waals surface area (Å²) < 4.78 is 43.0. The molecule has 128 valence electrons. The number of carbonyl (C=O) groups excluding carboxylic acids is 1. The lowest BCUT2D eigenvalue weighted by atomic mass is 10.2. The van der Waals surface area contributed by atoms with Gasteiger partial charge in [-0.3, -0.25) is 9.78 Å². The topological polar surface area (TPSA) is 63.2 Å². The van der Waals surface area contributed by atoms with E-state index in [0.717, 1.165) is 12.1 Å². The summed E-state index contributed by atoms with van der Waals surface area (Å²) in [5, 5.41) is 5.45. The number of aromatic nitrogens is 1. The Hall–Kier alpha value is -2.61. The van der Waals surface area contributed by atoms with Crippen molar-refractivity contribution < 1.29 is 22.7 Å². The van der Waals surface area contributed by atoms with Crippen LogP contribution in [0.25, 0.3) is 0 Å². The maximum atomic E-state index is 12.7. The standard InChI is InChI=1S/C16H16F3N3O2/c1-24-6-5-21-14-7-11(9-20-10-14)15(23)22-13-4-2-3-12(8-13)16(17,18)19/h2-4,7-10,21H,5-6H2,1H3,(H,22,23). The molecule has 2 aromatic rings. The Labute approximate surface area is 136 Å². The number of benzene rings is 1. The summed E-state index contributed by atoms with van der Waals surface area (Å²) in [7, 11) is 1.57. The van der Waals surface area contributed by atoms with Gasteiger partial charge in [0.15, 0.2) is 0 Å². The summed E-state index contributed by atoms with van der Waals surface area (Å²) in [4.78, 5) is 16.1. The summed E-state index contributed by atoms with van der Waals surface area (Å²) in [6.07, 6.45) is -1.59. The highest BCUT2D eigenvalue weighted by atomic mass is 19.4. The first-order valence-corrected chi connectivity index (χ1v) is 7.06. The molecule has 1 heterocycles. The highest BCUT2D eigenvalue weighted by Gasteiger charge is 2.30. The average Bonchev–Trinajstić information content (AvgIpc) is 2.55. The van der Waals surface area contributed by atoms with Crippen LogP contribution in [-0.2, 0) is 10.9 Å². The zero-order valence-electron chi connectivity index (χ0n) is 12.9. The smallest absolute Gasteiger partial charge is 0.383 e. The lowest BCUT2D eigenvalue weighted by Crippen LogP contribution is -2.14. The van der Waals surface area contributed by atoms with Crippen molar-refractivity contribution in [3.63, 3.8) is 0 Å². The van der Waals surface area contributed by atoms with E-state index >= 15 is 0 Å². The van der Waals surface area contributed by atoms with Crippen molar-refractivity contribution in [1.82, 2.24) is 4.98 Å². The monoisotopic (exact) mass is 339 g/mol. The Balaban J connectivity index is 2.08. The van der Waals surface area contributed by atoms with E-state index in [0.29, 0.717) is 18.8 Å². The molecule has 0 saturated heterocycles. The molecule has 5 nitrogen and oxygen atoms in total. The van der Waals surface area contributed by atoms with E-state index in [2.05, 4.69) is 15.6 Å². The van der Waals surface area contributed by atoms with Crippen LogP contribution in [0, 0.1) is 0 Å². The second-order valence-corrected chi connectivity index (χ2v) is 4.91. The normalized spacial score (nSPS) is 11.2. The van der Waals surface area contributed by atoms with Crippen molar-refractivity contribution in [2.24, 2.45) is 0 Å². The molecule has 0 saturated carbocycles. The van der Waals surface area contributed by atoms with Crippen LogP contribution < -0.4 is 10.6 Å². The number of carbonyl (C=O) groups is 1. The van der Waals surface area contributed by atoms with E-state index in [4.69, 9.17) is 4.74 Å². The summed E-state index contributed by atoms with van der Waals surface area (Å²) in [5.41, 5.74) is 0.0829. The van der Waals surface area contributed by atoms with Crippen molar-refractivity contribution in [2.75, 3.05) is 30.9 Å². The fourth-order valence-electron chi connectivity index (χ4n) is 1.93. The molecule has 0 unspecified atom stereocenters. The fraction of sp³-hybridized carbons (Fsp3) is 0.250. The number of ether oxygens (including phenoxy) is 1. The van der Waals surface area contributed by atoms with Crippen molar-refractivity contribution in [2.45, 2.75) is 6.18 Å². The Morgan fingerprint density at radius 3 is 2.71 bits per heavy atom. The van der Waals surface area contributed by atoms with Gasteiger partial charge in [-0.15, -0.1) is 0 Å². The lowest BCUT2D eigenvalue weighted by molar-refractivity contribution is -0.137. The third-order valence-electron chi connectivity index (χ3n) is 3.08. The van der Waals surface area contributed by atoms with E-state index in [-0.39, 0.29) is 11.3 Å². The molecule has 24 heavy (non-hydrogen) atoms. The molecule has 2 rings (SSSR count). The third-order valence-corrected chi connectivity index (χ3v) is 3.08. The number of pyridine rings is 1. The molecule has 8 heteroatoms. The van der Waals surface area contributed by atoms with Crippen molar-refractivity contribution in [1.29, 1.82) is 0 Å². The van der Waals surface area contributed by atoms with Gasteiger partial charge in [-0.2, -0.15) is 13.2 Å². The molecule has 0 bridgehead atoms. The van der Waals surface area contributed by atoms with Crippen molar-refractivity contribution in [3.05, 3.63) is 53.9 Å². The van der Waals surface area contributed by atoms with Crippen LogP contribution in [0.3, 0.4) is 0 Å². The summed E-state index contributed by atoms with van der Waals surface area (Å²) in [5.74, 6) is -0.544. The molecular formula is C16H16F3N3O2. The second-order valence-electron chi connectivity index (χ2n) is 4.91. The van der Waals surface area contributed by atoms with E-state index < -0.39 is 17.6 Å². The molecule has 1 amide bonds. The molecule has 0 fully saturated rings. The number of nitrogens with one attached hydrogen (secondary N) is 2. The van der Waals surface area contributed by atoms with Crippen molar-refractivity contribution in [3.8, 4) is 0 Å². The van der Waals surface area contributed by atoms with E-state index in [1.54, 1.807) is 13.2 Å². The van der Waals surface area contributed by atoms with Gasteiger partial charge >= 0.3 is 6.18 Å². The number of nitrogens with zero attached hydrogens (tertiary/aromatic N) is 1. The van der Waals surface area contributed by atoms with Gasteiger partial charge in [-0.1, -0.05) is 6.07 Å². The minimum absolute atomic E-state index is 0.0626. The maximum Gasteiger partial charge on any atom is 0.416 e. The van der Waals surface area contributed by atoms with E-state index in [1.807, 2.05) is 0 Å². The quantitative estimate of drug-likeness (QED) is 0.792. The molecule has 2 N–H and O–H groups in total. The number of anilines is 2. The van der Waals surface area contributed by atoms with Gasteiger partial charge in [0, 0.05) is 31.7 Å². The van der Waals surface area contributed by atoms with Gasteiger partial charge in [0.2, 0.25) is 0 Å². The number of methoxy groups -OCH3 is 1. The predicted octanol–water partition coefficient (Wildman–Crippen LogP) is 3.41. The van der Waals surface area contributed by atoms with Crippen LogP contribution in [0.4, 0.5) is 24.5 Å². The molecule has 0 aliphatic rings. The Kier molecular flexibility index (Phi) is 5.75. The first-order chi connectivity index (χ1) is 11.4. The Morgan fingerprint density at radius 2 is 2.00 bits per heavy atom. The second kappa shape index (κ2) is 7.78. The average molecular weight is 339 g/mol. The van der Waals surface area contributed by atoms with Gasteiger partial charge in [0.25, 0.3) is 5.91 Å². The molecule has 0 radical (unpaired) electrons. The Bertz CT molecular complexity index is 705. The summed E-state index contributed by atoms with van der Waals surface area (Å²) >= 11 is 0. The fourth-order valence-corrected chi connectivity index (χ4v) is 1.93. The molecule has 0 atom stereocenters. The minimum Gasteiger partial charge on any atom is -0.383 e. The van der Waals surface area contributed by atoms with Gasteiger partial charge in [-0.25, -0.2) is 0 Å². The number of rotatable bonds is 6. The van der Waals surface area contributed by atoms with Crippen LogP contribution in [0.2, 0.25) is 0 Å². The molecule has 1 aromatic carbocycles. The molecule has 0 aliphatic heterocycles. The first-order valence-electron chi connectivity index (χ1n) is 7.06. The highest BCUT2D eigenvalue weighted by molar-refractivity contribution is 6.04. The number of alkyl halides is 3. The zero-order valence-corrected chi connectivity index (χ0v) is 12.9. The minimum atomic E-state index is -4.46.